The van der Waals surface area contributed by atoms with Gasteiger partial charge in [-0.25, -0.2) is 13.6 Å². The average Bonchev–Trinajstić information content (AvgIpc) is 2.47. The summed E-state index contributed by atoms with van der Waals surface area (Å²) in [4.78, 5) is 11.0. The predicted molar refractivity (Wildman–Crippen MR) is 75.9 cm³/mol. The molecule has 0 aromatic heterocycles. The number of hydrogen-bond donors (Lipinski definition) is 1. The smallest absolute Gasteiger partial charge is 0.335 e. The molecule has 1 N–H and O–H groups in total. The van der Waals surface area contributed by atoms with Gasteiger partial charge in [-0.2, -0.15) is 0 Å². The van der Waals surface area contributed by atoms with Crippen molar-refractivity contribution in [3.63, 3.8) is 0 Å². The minimum Gasteiger partial charge on any atom is -0.497 e. The maximum atomic E-state index is 13.8. The summed E-state index contributed by atoms with van der Waals surface area (Å²) in [5, 5.41) is 8.88. The molecule has 0 saturated heterocycles. The molecule has 0 aliphatic heterocycles. The molecule has 0 bridgehead atoms. The number of hydrogen-bond acceptors (Lipinski definition) is 3. The number of rotatable bonds is 5. The van der Waals surface area contributed by atoms with Crippen LogP contribution in [-0.2, 0) is 5.75 Å². The van der Waals surface area contributed by atoms with Crippen LogP contribution in [0, 0.1) is 11.6 Å². The number of ether oxygens (including phenoxy) is 1. The number of carbonyl (C=O) groups is 1. The summed E-state index contributed by atoms with van der Waals surface area (Å²) in [5.74, 6) is -1.51. The second kappa shape index (κ2) is 6.58. The fourth-order valence-electron chi connectivity index (χ4n) is 1.67. The molecule has 0 saturated carbocycles. The van der Waals surface area contributed by atoms with Crippen molar-refractivity contribution in [2.75, 3.05) is 7.11 Å². The van der Waals surface area contributed by atoms with Gasteiger partial charge < -0.3 is 9.84 Å². The van der Waals surface area contributed by atoms with Gasteiger partial charge in [-0.3, -0.25) is 0 Å². The lowest BCUT2D eigenvalue weighted by atomic mass is 10.2. The van der Waals surface area contributed by atoms with Crippen LogP contribution < -0.4 is 4.74 Å². The van der Waals surface area contributed by atoms with Gasteiger partial charge in [0.05, 0.1) is 12.7 Å². The number of carboxylic acids is 1. The fraction of sp³-hybridized carbons (Fsp3) is 0.133. The van der Waals surface area contributed by atoms with Gasteiger partial charge in [0.2, 0.25) is 0 Å². The van der Waals surface area contributed by atoms with Crippen LogP contribution in [0.4, 0.5) is 8.78 Å². The molecular formula is C15H12F2O3S. The van der Waals surface area contributed by atoms with Crippen LogP contribution in [0.3, 0.4) is 0 Å². The van der Waals surface area contributed by atoms with Crippen LogP contribution in [0.5, 0.6) is 5.75 Å². The Morgan fingerprint density at radius 3 is 2.57 bits per heavy atom. The first-order valence-electron chi connectivity index (χ1n) is 5.99. The van der Waals surface area contributed by atoms with Gasteiger partial charge in [0.1, 0.15) is 17.4 Å². The van der Waals surface area contributed by atoms with Crippen molar-refractivity contribution < 1.29 is 23.4 Å². The number of halogens is 2. The van der Waals surface area contributed by atoms with Crippen LogP contribution in [0.2, 0.25) is 0 Å². The monoisotopic (exact) mass is 310 g/mol. The summed E-state index contributed by atoms with van der Waals surface area (Å²) >= 11 is 1.04. The molecule has 2 rings (SSSR count). The van der Waals surface area contributed by atoms with E-state index < -0.39 is 17.6 Å². The van der Waals surface area contributed by atoms with E-state index in [0.717, 1.165) is 17.8 Å². The van der Waals surface area contributed by atoms with Gasteiger partial charge in [0, 0.05) is 16.7 Å². The van der Waals surface area contributed by atoms with Crippen LogP contribution in [-0.4, -0.2) is 18.2 Å². The van der Waals surface area contributed by atoms with Crippen LogP contribution in [0.25, 0.3) is 0 Å². The zero-order valence-corrected chi connectivity index (χ0v) is 11.9. The molecule has 0 aliphatic rings. The van der Waals surface area contributed by atoms with Gasteiger partial charge in [0.15, 0.2) is 0 Å². The summed E-state index contributed by atoms with van der Waals surface area (Å²) in [6.45, 7) is 0. The third-order valence-corrected chi connectivity index (χ3v) is 3.90. The molecule has 0 unspecified atom stereocenters. The van der Waals surface area contributed by atoms with E-state index >= 15 is 0 Å². The maximum Gasteiger partial charge on any atom is 0.335 e. The number of thioether (sulfide) groups is 1. The summed E-state index contributed by atoms with van der Waals surface area (Å²) in [5.41, 5.74) is 0.384. The lowest BCUT2D eigenvalue weighted by molar-refractivity contribution is 0.0696. The summed E-state index contributed by atoms with van der Waals surface area (Å²) in [6, 6.07) is 7.94. The lowest BCUT2D eigenvalue weighted by Crippen LogP contribution is -1.97. The van der Waals surface area contributed by atoms with E-state index in [9.17, 15) is 13.6 Å². The van der Waals surface area contributed by atoms with E-state index in [-0.39, 0.29) is 16.2 Å². The molecule has 21 heavy (non-hydrogen) atoms. The Morgan fingerprint density at radius 2 is 1.95 bits per heavy atom. The molecule has 110 valence electrons. The molecular weight excluding hydrogens is 298 g/mol. The molecule has 2 aromatic carbocycles. The van der Waals surface area contributed by atoms with Crippen molar-refractivity contribution in [1.82, 2.24) is 0 Å². The van der Waals surface area contributed by atoms with E-state index in [4.69, 9.17) is 9.84 Å². The first-order valence-corrected chi connectivity index (χ1v) is 6.98. The molecule has 2 aromatic rings. The zero-order valence-electron chi connectivity index (χ0n) is 11.1. The highest BCUT2D eigenvalue weighted by atomic mass is 32.2. The van der Waals surface area contributed by atoms with E-state index in [1.807, 2.05) is 0 Å². The summed E-state index contributed by atoms with van der Waals surface area (Å²) in [7, 11) is 1.44. The van der Waals surface area contributed by atoms with Gasteiger partial charge in [-0.15, -0.1) is 11.8 Å². The molecule has 0 radical (unpaired) electrons. The minimum atomic E-state index is -1.13. The highest BCUT2D eigenvalue weighted by molar-refractivity contribution is 7.98. The number of carboxylic acid groups (broad SMARTS) is 1. The van der Waals surface area contributed by atoms with E-state index in [1.54, 1.807) is 12.1 Å². The van der Waals surface area contributed by atoms with Crippen molar-refractivity contribution in [2.45, 2.75) is 10.6 Å². The topological polar surface area (TPSA) is 46.5 Å². The molecule has 0 heterocycles. The molecule has 0 fully saturated rings. The van der Waals surface area contributed by atoms with Crippen molar-refractivity contribution in [1.29, 1.82) is 0 Å². The van der Waals surface area contributed by atoms with Crippen LogP contribution in [0.1, 0.15) is 15.9 Å². The molecule has 6 heteroatoms. The van der Waals surface area contributed by atoms with Crippen molar-refractivity contribution in [2.24, 2.45) is 0 Å². The normalized spacial score (nSPS) is 10.4. The molecule has 0 amide bonds. The van der Waals surface area contributed by atoms with E-state index in [2.05, 4.69) is 0 Å². The Balaban J connectivity index is 2.16. The number of aromatic carboxylic acids is 1. The van der Waals surface area contributed by atoms with Crippen molar-refractivity contribution in [3.05, 3.63) is 59.2 Å². The quantitative estimate of drug-likeness (QED) is 0.849. The minimum absolute atomic E-state index is 0.00546. The highest BCUT2D eigenvalue weighted by Crippen LogP contribution is 2.28. The number of methoxy groups -OCH3 is 1. The first-order chi connectivity index (χ1) is 10.0. The van der Waals surface area contributed by atoms with E-state index in [0.29, 0.717) is 11.3 Å². The van der Waals surface area contributed by atoms with E-state index in [1.165, 1.54) is 25.3 Å². The van der Waals surface area contributed by atoms with Gasteiger partial charge in [-0.1, -0.05) is 6.07 Å². The Kier molecular flexibility index (Phi) is 4.80. The average molecular weight is 310 g/mol. The second-order valence-corrected chi connectivity index (χ2v) is 5.21. The lowest BCUT2D eigenvalue weighted by Gasteiger charge is -2.07. The SMILES string of the molecule is COc1ccc(CSc2cc(C(=O)O)ccc2F)c(F)c1. The Bertz CT molecular complexity index is 674. The van der Waals surface area contributed by atoms with Gasteiger partial charge in [-0.05, 0) is 29.8 Å². The fourth-order valence-corrected chi connectivity index (χ4v) is 2.64. The largest absolute Gasteiger partial charge is 0.497 e. The van der Waals surface area contributed by atoms with Gasteiger partial charge >= 0.3 is 5.97 Å². The molecule has 0 spiro atoms. The van der Waals surface area contributed by atoms with Gasteiger partial charge in [0.25, 0.3) is 0 Å². The third kappa shape index (κ3) is 3.72. The highest BCUT2D eigenvalue weighted by Gasteiger charge is 2.11. The summed E-state index contributed by atoms with van der Waals surface area (Å²) in [6.07, 6.45) is 0. The first kappa shape index (κ1) is 15.3. The van der Waals surface area contributed by atoms with Crippen LogP contribution >= 0.6 is 11.8 Å². The maximum absolute atomic E-state index is 13.8. The molecule has 0 atom stereocenters. The molecule has 0 aliphatic carbocycles. The Morgan fingerprint density at radius 1 is 1.19 bits per heavy atom. The zero-order chi connectivity index (χ0) is 15.4. The third-order valence-electron chi connectivity index (χ3n) is 2.82. The number of benzene rings is 2. The summed E-state index contributed by atoms with van der Waals surface area (Å²) < 4.78 is 32.3. The predicted octanol–water partition coefficient (Wildman–Crippen LogP) is 3.96. The Labute approximate surface area is 124 Å². The molecule has 3 nitrogen and oxygen atoms in total. The Hall–Kier alpha value is -2.08. The standard InChI is InChI=1S/C15H12F2O3S/c1-20-11-4-2-10(13(17)7-11)8-21-14-6-9(15(18)19)3-5-12(14)16/h2-7H,8H2,1H3,(H,18,19). The second-order valence-electron chi connectivity index (χ2n) is 4.20. The van der Waals surface area contributed by atoms with Crippen molar-refractivity contribution in [3.8, 4) is 5.75 Å². The van der Waals surface area contributed by atoms with Crippen molar-refractivity contribution >= 4 is 17.7 Å². The van der Waals surface area contributed by atoms with Crippen LogP contribution in [0.15, 0.2) is 41.3 Å².